The first-order chi connectivity index (χ1) is 17.8. The van der Waals surface area contributed by atoms with Crippen LogP contribution in [0.3, 0.4) is 0 Å². The number of hydrogen-bond acceptors (Lipinski definition) is 8. The van der Waals surface area contributed by atoms with Gasteiger partial charge in [0.05, 0.1) is 35.9 Å². The molecule has 4 aromatic rings. The van der Waals surface area contributed by atoms with Gasteiger partial charge in [-0.1, -0.05) is 30.4 Å². The number of benzene rings is 2. The zero-order chi connectivity index (χ0) is 26.3. The summed E-state index contributed by atoms with van der Waals surface area (Å²) in [4.78, 5) is 45.9. The molecule has 2 aromatic heterocycles. The van der Waals surface area contributed by atoms with Crippen molar-refractivity contribution in [2.75, 3.05) is 18.1 Å². The predicted octanol–water partition coefficient (Wildman–Crippen LogP) is 5.41. The molecule has 1 aliphatic heterocycles. The van der Waals surface area contributed by atoms with Crippen LogP contribution >= 0.6 is 11.3 Å². The summed E-state index contributed by atoms with van der Waals surface area (Å²) < 4.78 is 30.7. The average molecular weight is 523 g/mol. The summed E-state index contributed by atoms with van der Waals surface area (Å²) in [6, 6.07) is 9.70. The molecule has 1 unspecified atom stereocenters. The van der Waals surface area contributed by atoms with E-state index in [1.54, 1.807) is 38.1 Å². The van der Waals surface area contributed by atoms with E-state index in [9.17, 15) is 18.8 Å². The number of carbonyl (C=O) groups excluding carboxylic acids is 2. The summed E-state index contributed by atoms with van der Waals surface area (Å²) in [5, 5.41) is 0.242. The Morgan fingerprint density at radius 1 is 1.16 bits per heavy atom. The molecule has 1 atom stereocenters. The largest absolute Gasteiger partial charge is 0.494 e. The zero-order valence-electron chi connectivity index (χ0n) is 20.4. The summed E-state index contributed by atoms with van der Waals surface area (Å²) >= 11 is 0.995. The van der Waals surface area contributed by atoms with E-state index in [0.29, 0.717) is 23.6 Å². The van der Waals surface area contributed by atoms with Crippen molar-refractivity contribution in [2.24, 2.45) is 0 Å². The van der Waals surface area contributed by atoms with Gasteiger partial charge >= 0.3 is 5.97 Å². The fourth-order valence-corrected chi connectivity index (χ4v) is 5.28. The maximum atomic E-state index is 14.0. The van der Waals surface area contributed by atoms with Gasteiger partial charge in [0.15, 0.2) is 10.6 Å². The van der Waals surface area contributed by atoms with Gasteiger partial charge in [-0.05, 0) is 56.2 Å². The lowest BCUT2D eigenvalue weighted by atomic mass is 9.98. The standard InChI is InChI=1S/C27H23FN2O6S/c1-4-12-35-17-9-6-15(7-10-17)21-20-22(31)18-13-16(28)8-11-19(18)36-23(20)25(32)30(21)27-29-14(3)24(37-27)26(33)34-5-2/h6-11,13,21H,4-5,12H2,1-3H3. The highest BCUT2D eigenvalue weighted by Crippen LogP contribution is 2.43. The van der Waals surface area contributed by atoms with E-state index in [2.05, 4.69) is 4.98 Å². The number of aryl methyl sites for hydroxylation is 1. The third-order valence-corrected chi connectivity index (χ3v) is 7.09. The fourth-order valence-electron chi connectivity index (χ4n) is 4.30. The number of halogens is 1. The first-order valence-electron chi connectivity index (χ1n) is 11.8. The Kier molecular flexibility index (Phi) is 6.51. The van der Waals surface area contributed by atoms with Gasteiger partial charge in [0.1, 0.15) is 22.0 Å². The van der Waals surface area contributed by atoms with Crippen LogP contribution in [0.5, 0.6) is 5.75 Å². The fraction of sp³-hybridized carbons (Fsp3) is 0.259. The number of nitrogens with zero attached hydrogens (tertiary/aromatic N) is 2. The monoisotopic (exact) mass is 522 g/mol. The molecule has 0 saturated heterocycles. The lowest BCUT2D eigenvalue weighted by Gasteiger charge is -2.22. The number of amides is 1. The summed E-state index contributed by atoms with van der Waals surface area (Å²) in [6.07, 6.45) is 0.844. The number of rotatable bonds is 7. The van der Waals surface area contributed by atoms with Gasteiger partial charge < -0.3 is 13.9 Å². The van der Waals surface area contributed by atoms with Crippen LogP contribution in [0.1, 0.15) is 63.4 Å². The normalized spacial score (nSPS) is 14.8. The van der Waals surface area contributed by atoms with Gasteiger partial charge in [-0.2, -0.15) is 0 Å². The number of esters is 1. The Labute approximate surface area is 215 Å². The second-order valence-corrected chi connectivity index (χ2v) is 9.42. The number of anilines is 1. The van der Waals surface area contributed by atoms with E-state index >= 15 is 0 Å². The van der Waals surface area contributed by atoms with Crippen molar-refractivity contribution in [3.05, 3.63) is 86.0 Å². The van der Waals surface area contributed by atoms with Gasteiger partial charge in [-0.25, -0.2) is 14.2 Å². The number of fused-ring (bicyclic) bond motifs is 2. The van der Waals surface area contributed by atoms with Crippen molar-refractivity contribution in [1.29, 1.82) is 0 Å². The second kappa shape index (κ2) is 9.78. The molecule has 0 aliphatic carbocycles. The van der Waals surface area contributed by atoms with Gasteiger partial charge in [0.25, 0.3) is 5.91 Å². The molecule has 1 aliphatic rings. The van der Waals surface area contributed by atoms with Crippen LogP contribution < -0.4 is 15.1 Å². The number of carbonyl (C=O) groups is 2. The summed E-state index contributed by atoms with van der Waals surface area (Å²) in [7, 11) is 0. The minimum atomic E-state index is -0.910. The van der Waals surface area contributed by atoms with Crippen LogP contribution in [-0.2, 0) is 4.74 Å². The third-order valence-electron chi connectivity index (χ3n) is 5.95. The van der Waals surface area contributed by atoms with E-state index in [-0.39, 0.29) is 38.9 Å². The minimum Gasteiger partial charge on any atom is -0.494 e. The van der Waals surface area contributed by atoms with Crippen molar-refractivity contribution in [2.45, 2.75) is 33.2 Å². The molecule has 0 radical (unpaired) electrons. The Balaban J connectivity index is 1.69. The van der Waals surface area contributed by atoms with Crippen LogP contribution in [0.4, 0.5) is 9.52 Å². The second-order valence-electron chi connectivity index (χ2n) is 8.44. The lowest BCUT2D eigenvalue weighted by Crippen LogP contribution is -2.29. The number of ether oxygens (including phenoxy) is 2. The van der Waals surface area contributed by atoms with Crippen molar-refractivity contribution < 1.29 is 27.9 Å². The lowest BCUT2D eigenvalue weighted by molar-refractivity contribution is 0.0531. The van der Waals surface area contributed by atoms with E-state index in [1.165, 1.54) is 11.0 Å². The number of aromatic nitrogens is 1. The Bertz CT molecular complexity index is 1580. The van der Waals surface area contributed by atoms with Crippen LogP contribution in [0, 0.1) is 12.7 Å². The first-order valence-corrected chi connectivity index (χ1v) is 12.6. The average Bonchev–Trinajstić information content (AvgIpc) is 3.41. The van der Waals surface area contributed by atoms with Gasteiger partial charge in [-0.15, -0.1) is 0 Å². The highest BCUT2D eigenvalue weighted by molar-refractivity contribution is 7.17. The molecule has 190 valence electrons. The Morgan fingerprint density at radius 2 is 1.92 bits per heavy atom. The SMILES string of the molecule is CCCOc1ccc(C2c3c(oc4ccc(F)cc4c3=O)C(=O)N2c2nc(C)c(C(=O)OCC)s2)cc1. The predicted molar refractivity (Wildman–Crippen MR) is 136 cm³/mol. The van der Waals surface area contributed by atoms with Crippen LogP contribution in [-0.4, -0.2) is 30.1 Å². The smallest absolute Gasteiger partial charge is 0.350 e. The summed E-state index contributed by atoms with van der Waals surface area (Å²) in [6.45, 7) is 6.09. The Hall–Kier alpha value is -4.05. The molecular weight excluding hydrogens is 499 g/mol. The molecule has 0 bridgehead atoms. The zero-order valence-corrected chi connectivity index (χ0v) is 21.2. The van der Waals surface area contributed by atoms with Crippen molar-refractivity contribution in [3.63, 3.8) is 0 Å². The third kappa shape index (κ3) is 4.27. The topological polar surface area (TPSA) is 98.9 Å². The van der Waals surface area contributed by atoms with Crippen LogP contribution in [0.25, 0.3) is 11.0 Å². The van der Waals surface area contributed by atoms with Crippen LogP contribution in [0.2, 0.25) is 0 Å². The molecule has 0 saturated carbocycles. The molecule has 0 N–H and O–H groups in total. The van der Waals surface area contributed by atoms with E-state index < -0.39 is 29.2 Å². The first kappa shape index (κ1) is 24.6. The summed E-state index contributed by atoms with van der Waals surface area (Å²) in [5.74, 6) is -1.23. The van der Waals surface area contributed by atoms with Gasteiger partial charge in [0.2, 0.25) is 5.76 Å². The summed E-state index contributed by atoms with van der Waals surface area (Å²) in [5.41, 5.74) is 0.669. The van der Waals surface area contributed by atoms with E-state index in [4.69, 9.17) is 13.9 Å². The highest BCUT2D eigenvalue weighted by Gasteiger charge is 2.45. The molecule has 8 nitrogen and oxygen atoms in total. The highest BCUT2D eigenvalue weighted by atomic mass is 32.1. The van der Waals surface area contributed by atoms with Crippen molar-refractivity contribution >= 4 is 39.3 Å². The molecular formula is C27H23FN2O6S. The quantitative estimate of drug-likeness (QED) is 0.299. The van der Waals surface area contributed by atoms with Gasteiger partial charge in [-0.3, -0.25) is 14.5 Å². The van der Waals surface area contributed by atoms with Crippen molar-refractivity contribution in [1.82, 2.24) is 4.98 Å². The molecule has 0 fully saturated rings. The molecule has 5 rings (SSSR count). The van der Waals surface area contributed by atoms with Crippen LogP contribution in [0.15, 0.2) is 51.7 Å². The van der Waals surface area contributed by atoms with Crippen molar-refractivity contribution in [3.8, 4) is 5.75 Å². The molecule has 37 heavy (non-hydrogen) atoms. The molecule has 1 amide bonds. The maximum absolute atomic E-state index is 14.0. The van der Waals surface area contributed by atoms with E-state index in [1.807, 2.05) is 6.92 Å². The number of hydrogen-bond donors (Lipinski definition) is 0. The minimum absolute atomic E-state index is 0.0313. The Morgan fingerprint density at radius 3 is 2.62 bits per heavy atom. The molecule has 0 spiro atoms. The molecule has 10 heteroatoms. The molecule has 2 aromatic carbocycles. The van der Waals surface area contributed by atoms with Gasteiger partial charge in [0, 0.05) is 0 Å². The van der Waals surface area contributed by atoms with E-state index in [0.717, 1.165) is 29.9 Å². The molecule has 3 heterocycles. The number of thiazole rings is 1. The maximum Gasteiger partial charge on any atom is 0.350 e.